The fraction of sp³-hybridized carbons (Fsp3) is 0.577. The minimum atomic E-state index is -1.11. The monoisotopic (exact) mass is 487 g/mol. The van der Waals surface area contributed by atoms with Gasteiger partial charge in [-0.15, -0.1) is 0 Å². The van der Waals surface area contributed by atoms with E-state index in [4.69, 9.17) is 5.73 Å². The molecule has 0 saturated carbocycles. The summed E-state index contributed by atoms with van der Waals surface area (Å²) < 4.78 is 0. The van der Waals surface area contributed by atoms with Crippen molar-refractivity contribution in [1.29, 1.82) is 0 Å². The lowest BCUT2D eigenvalue weighted by molar-refractivity contribution is -0.121. The number of unbranched alkanes of at least 4 members (excludes halogenated alkanes) is 1. The van der Waals surface area contributed by atoms with Crippen LogP contribution in [0.3, 0.4) is 0 Å². The molecule has 0 saturated heterocycles. The van der Waals surface area contributed by atoms with Gasteiger partial charge in [0.15, 0.2) is 5.78 Å². The van der Waals surface area contributed by atoms with Gasteiger partial charge in [-0.25, -0.2) is 0 Å². The number of Topliss-reactive ketones (excluding diaryl/α,β-unsaturated/α-hetero) is 2. The number of aliphatic hydroxyl groups is 2. The molecule has 35 heavy (non-hydrogen) atoms. The highest BCUT2D eigenvalue weighted by molar-refractivity contribution is 6.15. The van der Waals surface area contributed by atoms with Crippen LogP contribution >= 0.6 is 0 Å². The van der Waals surface area contributed by atoms with Gasteiger partial charge in [0.1, 0.15) is 18.1 Å². The second-order valence-electron chi connectivity index (χ2n) is 9.17. The molecule has 1 aromatic rings. The molecular weight excluding hydrogens is 448 g/mol. The molecular formula is C26H39N4O5-. The number of nitrogens with one attached hydrogen (secondary N) is 1. The quantitative estimate of drug-likeness (QED) is 0.0803. The Morgan fingerprint density at radius 3 is 2.60 bits per heavy atom. The Kier molecular flexibility index (Phi) is 12.8. The molecule has 1 aliphatic heterocycles. The number of hydrogen-bond donors (Lipinski definition) is 4. The fourth-order valence-corrected chi connectivity index (χ4v) is 4.42. The number of aldehydes is 1. The third kappa shape index (κ3) is 8.63. The van der Waals surface area contributed by atoms with Crippen molar-refractivity contribution >= 4 is 17.9 Å². The molecule has 1 aliphatic rings. The van der Waals surface area contributed by atoms with E-state index >= 15 is 0 Å². The first-order valence-electron chi connectivity index (χ1n) is 12.3. The Hall–Kier alpha value is -2.43. The largest absolute Gasteiger partial charge is 0.591 e. The smallest absolute Gasteiger partial charge is 0.192 e. The van der Waals surface area contributed by atoms with E-state index in [0.717, 1.165) is 19.1 Å². The summed E-state index contributed by atoms with van der Waals surface area (Å²) in [4.78, 5) is 39.9. The molecule has 0 fully saturated rings. The van der Waals surface area contributed by atoms with Gasteiger partial charge < -0.3 is 36.5 Å². The van der Waals surface area contributed by atoms with Crippen LogP contribution in [-0.4, -0.2) is 77.4 Å². The van der Waals surface area contributed by atoms with Gasteiger partial charge in [-0.3, -0.25) is 9.59 Å². The maximum Gasteiger partial charge on any atom is 0.192 e. The number of carbonyl (C=O) groups excluding carboxylic acids is 3. The van der Waals surface area contributed by atoms with Crippen molar-refractivity contribution in [2.45, 2.75) is 57.2 Å². The van der Waals surface area contributed by atoms with Crippen LogP contribution in [-0.2, 0) is 9.59 Å². The second kappa shape index (κ2) is 15.5. The summed E-state index contributed by atoms with van der Waals surface area (Å²) in [5.74, 6) is -0.985. The first-order valence-corrected chi connectivity index (χ1v) is 12.3. The molecule has 1 heterocycles. The molecule has 0 aliphatic carbocycles. The predicted octanol–water partition coefficient (Wildman–Crippen LogP) is 1.60. The fourth-order valence-electron chi connectivity index (χ4n) is 4.42. The summed E-state index contributed by atoms with van der Waals surface area (Å²) in [5, 5.41) is 19.6. The van der Waals surface area contributed by atoms with Gasteiger partial charge >= 0.3 is 0 Å². The average Bonchev–Trinajstić information content (AvgIpc) is 3.35. The van der Waals surface area contributed by atoms with Crippen molar-refractivity contribution in [3.05, 3.63) is 53.6 Å². The van der Waals surface area contributed by atoms with Crippen molar-refractivity contribution < 1.29 is 24.6 Å². The Morgan fingerprint density at radius 1 is 1.23 bits per heavy atom. The maximum atomic E-state index is 13.5. The summed E-state index contributed by atoms with van der Waals surface area (Å²) in [5.41, 5.74) is 12.7. The van der Waals surface area contributed by atoms with Gasteiger partial charge in [0.2, 0.25) is 0 Å². The van der Waals surface area contributed by atoms with Crippen LogP contribution in [0.5, 0.6) is 0 Å². The molecule has 0 bridgehead atoms. The van der Waals surface area contributed by atoms with Crippen LogP contribution in [0.2, 0.25) is 0 Å². The van der Waals surface area contributed by atoms with Gasteiger partial charge in [-0.1, -0.05) is 56.3 Å². The van der Waals surface area contributed by atoms with Crippen LogP contribution in [0.4, 0.5) is 0 Å². The van der Waals surface area contributed by atoms with Gasteiger partial charge in [-0.05, 0) is 44.3 Å². The van der Waals surface area contributed by atoms with Gasteiger partial charge in [0.05, 0.1) is 0 Å². The summed E-state index contributed by atoms with van der Waals surface area (Å²) in [6, 6.07) is 6.73. The van der Waals surface area contributed by atoms with Crippen LogP contribution < -0.4 is 11.2 Å². The molecule has 1 aromatic carbocycles. The van der Waals surface area contributed by atoms with E-state index in [1.54, 1.807) is 41.4 Å². The maximum absolute atomic E-state index is 13.5. The van der Waals surface area contributed by atoms with Crippen LogP contribution in [0.25, 0.3) is 5.43 Å². The molecule has 5 atom stereocenters. The minimum absolute atomic E-state index is 0.00428. The highest BCUT2D eigenvalue weighted by atomic mass is 16.3. The van der Waals surface area contributed by atoms with Crippen molar-refractivity contribution in [3.63, 3.8) is 0 Å². The SMILES string of the molecule is CC(CO)CC(CO)C1CC=CN1C(C(=O)C[N-]N[C@@H](C=O)CCCCN)C(=O)c1ccccc1. The number of nitrogens with two attached hydrogens (primary N) is 1. The Labute approximate surface area is 207 Å². The van der Waals surface area contributed by atoms with E-state index in [1.165, 1.54) is 0 Å². The molecule has 194 valence electrons. The van der Waals surface area contributed by atoms with Crippen LogP contribution in [0, 0.1) is 11.8 Å². The third-order valence-electron chi connectivity index (χ3n) is 6.37. The van der Waals surface area contributed by atoms with E-state index < -0.39 is 17.9 Å². The van der Waals surface area contributed by atoms with E-state index in [-0.39, 0.29) is 43.4 Å². The molecule has 2 rings (SSSR count). The molecule has 0 radical (unpaired) electrons. The Morgan fingerprint density at radius 2 is 1.97 bits per heavy atom. The average molecular weight is 488 g/mol. The zero-order valence-electron chi connectivity index (χ0n) is 20.5. The van der Waals surface area contributed by atoms with Crippen LogP contribution in [0.1, 0.15) is 49.4 Å². The van der Waals surface area contributed by atoms with E-state index in [9.17, 15) is 24.6 Å². The first-order chi connectivity index (χ1) is 17.0. The summed E-state index contributed by atoms with van der Waals surface area (Å²) in [6.45, 7) is 2.03. The van der Waals surface area contributed by atoms with Crippen molar-refractivity contribution in [2.24, 2.45) is 17.6 Å². The van der Waals surface area contributed by atoms with E-state index in [1.807, 2.05) is 13.0 Å². The highest BCUT2D eigenvalue weighted by Crippen LogP contribution is 2.30. The van der Waals surface area contributed by atoms with Gasteiger partial charge in [0.25, 0.3) is 0 Å². The van der Waals surface area contributed by atoms with Gasteiger partial charge in [0, 0.05) is 36.8 Å². The number of carbonyl (C=O) groups is 3. The number of ketones is 2. The number of benzene rings is 1. The Balaban J connectivity index is 2.18. The van der Waals surface area contributed by atoms with E-state index in [2.05, 4.69) is 10.9 Å². The normalized spacial score (nSPS) is 18.7. The molecule has 0 spiro atoms. The number of aliphatic hydroxyl groups excluding tert-OH is 2. The second-order valence-corrected chi connectivity index (χ2v) is 9.17. The predicted molar refractivity (Wildman–Crippen MR) is 135 cm³/mol. The van der Waals surface area contributed by atoms with Gasteiger partial charge in [-0.2, -0.15) is 0 Å². The number of rotatable bonds is 18. The first kappa shape index (κ1) is 28.8. The molecule has 4 unspecified atom stereocenters. The number of hydrogen-bond acceptors (Lipinski definition) is 8. The van der Waals surface area contributed by atoms with Crippen molar-refractivity contribution in [3.8, 4) is 0 Å². The summed E-state index contributed by atoms with van der Waals surface area (Å²) in [6.07, 6.45) is 7.65. The molecule has 0 amide bonds. The lowest BCUT2D eigenvalue weighted by Gasteiger charge is -2.38. The molecule has 5 N–H and O–H groups in total. The zero-order valence-corrected chi connectivity index (χ0v) is 20.5. The Bertz CT molecular complexity index is 819. The number of nitrogens with zero attached hydrogens (tertiary/aromatic N) is 2. The van der Waals surface area contributed by atoms with Crippen LogP contribution in [0.15, 0.2) is 42.6 Å². The zero-order chi connectivity index (χ0) is 25.6. The molecule has 9 heteroatoms. The highest BCUT2D eigenvalue weighted by Gasteiger charge is 2.39. The van der Waals surface area contributed by atoms with Crippen molar-refractivity contribution in [1.82, 2.24) is 10.3 Å². The topological polar surface area (TPSA) is 147 Å². The summed E-state index contributed by atoms with van der Waals surface area (Å²) in [7, 11) is 0. The minimum Gasteiger partial charge on any atom is -0.591 e. The summed E-state index contributed by atoms with van der Waals surface area (Å²) >= 11 is 0. The molecule has 0 aromatic heterocycles. The molecule has 9 nitrogen and oxygen atoms in total. The lowest BCUT2D eigenvalue weighted by atomic mass is 9.87. The third-order valence-corrected chi connectivity index (χ3v) is 6.37. The lowest BCUT2D eigenvalue weighted by Crippen LogP contribution is -2.51. The standard InChI is InChI=1S/C26H39N4O5/c1-19(16-31)14-21(17-32)23-11-7-13-30(23)25(26(35)20-8-3-2-4-9-20)24(34)15-28-29-22(18-33)10-5-6-12-27/h2-4,7-9,13,18-19,21-23,25,29,31-32H,5-6,10-12,14-17,27H2,1H3/q-1/t19?,21?,22-,23?,25?/m1/s1. The van der Waals surface area contributed by atoms with E-state index in [0.29, 0.717) is 31.4 Å². The van der Waals surface area contributed by atoms with Crippen molar-refractivity contribution in [2.75, 3.05) is 26.3 Å².